The molecule has 1 aliphatic heterocycles. The first kappa shape index (κ1) is 9.03. The fourth-order valence-corrected chi connectivity index (χ4v) is 1.42. The van der Waals surface area contributed by atoms with Crippen LogP contribution in [-0.4, -0.2) is 23.5 Å². The molecule has 12 heavy (non-hydrogen) atoms. The summed E-state index contributed by atoms with van der Waals surface area (Å²) in [6.45, 7) is 0.747. The molecule has 4 nitrogen and oxygen atoms in total. The molecule has 68 valence electrons. The average molecular weight is 171 g/mol. The lowest BCUT2D eigenvalue weighted by molar-refractivity contribution is -0.137. The van der Waals surface area contributed by atoms with Gasteiger partial charge < -0.3 is 10.4 Å². The Bertz CT molecular complexity index is 191. The molecule has 1 heterocycles. The molecule has 0 radical (unpaired) electrons. The third-order valence-electron chi connectivity index (χ3n) is 2.11. The number of carbonyl (C=O) groups excluding carboxylic acids is 1. The van der Waals surface area contributed by atoms with Gasteiger partial charge in [-0.3, -0.25) is 9.59 Å². The second kappa shape index (κ2) is 4.09. The van der Waals surface area contributed by atoms with Crippen LogP contribution in [0.1, 0.15) is 25.7 Å². The summed E-state index contributed by atoms with van der Waals surface area (Å²) in [4.78, 5) is 21.1. The first-order valence-electron chi connectivity index (χ1n) is 4.19. The second-order valence-electron chi connectivity index (χ2n) is 3.06. The number of nitrogens with one attached hydrogen (secondary N) is 1. The zero-order valence-corrected chi connectivity index (χ0v) is 6.88. The number of carboxylic acids is 1. The summed E-state index contributed by atoms with van der Waals surface area (Å²) in [5.74, 6) is -0.641. The minimum absolute atomic E-state index is 0.0596. The third kappa shape index (κ3) is 2.53. The monoisotopic (exact) mass is 171 g/mol. The minimum Gasteiger partial charge on any atom is -0.481 e. The van der Waals surface area contributed by atoms with E-state index in [1.807, 2.05) is 0 Å². The van der Waals surface area contributed by atoms with Crippen LogP contribution < -0.4 is 5.32 Å². The molecular formula is C8H13NO3. The first-order valence-corrected chi connectivity index (χ1v) is 4.19. The average Bonchev–Trinajstić information content (AvgIpc) is 2.36. The lowest BCUT2D eigenvalue weighted by Gasteiger charge is -2.03. The maximum atomic E-state index is 11.0. The molecule has 0 aromatic heterocycles. The van der Waals surface area contributed by atoms with Crippen LogP contribution in [0.3, 0.4) is 0 Å². The van der Waals surface area contributed by atoms with Crippen molar-refractivity contribution in [3.63, 3.8) is 0 Å². The molecule has 0 unspecified atom stereocenters. The highest BCUT2D eigenvalue weighted by Crippen LogP contribution is 2.16. The first-order chi connectivity index (χ1) is 5.70. The molecule has 1 atom stereocenters. The van der Waals surface area contributed by atoms with Crippen LogP contribution in [0.4, 0.5) is 0 Å². The van der Waals surface area contributed by atoms with Gasteiger partial charge in [0.05, 0.1) is 0 Å². The molecule has 0 bridgehead atoms. The van der Waals surface area contributed by atoms with Crippen molar-refractivity contribution in [3.8, 4) is 0 Å². The number of carboxylic acid groups (broad SMARTS) is 1. The Balaban J connectivity index is 2.14. The van der Waals surface area contributed by atoms with Crippen LogP contribution in [0, 0.1) is 5.92 Å². The molecule has 1 rings (SSSR count). The molecular weight excluding hydrogens is 158 g/mol. The van der Waals surface area contributed by atoms with Gasteiger partial charge in [0.25, 0.3) is 0 Å². The van der Waals surface area contributed by atoms with Gasteiger partial charge in [0.15, 0.2) is 0 Å². The predicted molar refractivity (Wildman–Crippen MR) is 42.6 cm³/mol. The zero-order chi connectivity index (χ0) is 8.97. The normalized spacial score (nSPS) is 22.3. The van der Waals surface area contributed by atoms with Crippen LogP contribution in [-0.2, 0) is 9.59 Å². The Morgan fingerprint density at radius 2 is 2.42 bits per heavy atom. The van der Waals surface area contributed by atoms with Crippen LogP contribution in [0.25, 0.3) is 0 Å². The van der Waals surface area contributed by atoms with E-state index < -0.39 is 5.97 Å². The Morgan fingerprint density at radius 3 is 2.92 bits per heavy atom. The van der Waals surface area contributed by atoms with Gasteiger partial charge in [-0.2, -0.15) is 0 Å². The van der Waals surface area contributed by atoms with E-state index in [0.717, 1.165) is 13.0 Å². The van der Waals surface area contributed by atoms with Crippen molar-refractivity contribution in [1.29, 1.82) is 0 Å². The summed E-state index contributed by atoms with van der Waals surface area (Å²) >= 11 is 0. The number of hydrogen-bond donors (Lipinski definition) is 2. The number of carbonyl (C=O) groups is 2. The largest absolute Gasteiger partial charge is 0.481 e. The number of rotatable bonds is 4. The standard InChI is InChI=1S/C8H13NO3/c10-7(11)3-1-2-6-4-5-9-8(6)12/h6H,1-5H2,(H,9,12)(H,10,11)/t6-/m0/s1. The van der Waals surface area contributed by atoms with E-state index in [1.165, 1.54) is 0 Å². The van der Waals surface area contributed by atoms with Gasteiger partial charge >= 0.3 is 5.97 Å². The SMILES string of the molecule is O=C(O)CCC[C@H]1CCNC1=O. The van der Waals surface area contributed by atoms with Crippen molar-refractivity contribution in [1.82, 2.24) is 5.32 Å². The molecule has 0 saturated carbocycles. The van der Waals surface area contributed by atoms with Gasteiger partial charge in [-0.1, -0.05) is 0 Å². The number of amides is 1. The van der Waals surface area contributed by atoms with Crippen LogP contribution in [0.5, 0.6) is 0 Å². The van der Waals surface area contributed by atoms with Gasteiger partial charge in [-0.05, 0) is 19.3 Å². The summed E-state index contributed by atoms with van der Waals surface area (Å²) in [5.41, 5.74) is 0. The number of aliphatic carboxylic acids is 1. The summed E-state index contributed by atoms with van der Waals surface area (Å²) in [5, 5.41) is 11.1. The van der Waals surface area contributed by atoms with Crippen molar-refractivity contribution in [2.45, 2.75) is 25.7 Å². The molecule has 1 amide bonds. The van der Waals surface area contributed by atoms with Gasteiger partial charge in [0, 0.05) is 18.9 Å². The van der Waals surface area contributed by atoms with Crippen LogP contribution in [0.2, 0.25) is 0 Å². The van der Waals surface area contributed by atoms with Crippen molar-refractivity contribution in [2.24, 2.45) is 5.92 Å². The molecule has 1 saturated heterocycles. The van der Waals surface area contributed by atoms with Crippen molar-refractivity contribution >= 4 is 11.9 Å². The van der Waals surface area contributed by atoms with Gasteiger partial charge in [0.2, 0.25) is 5.91 Å². The van der Waals surface area contributed by atoms with Crippen molar-refractivity contribution in [3.05, 3.63) is 0 Å². The second-order valence-corrected chi connectivity index (χ2v) is 3.06. The van der Waals surface area contributed by atoms with Crippen LogP contribution in [0.15, 0.2) is 0 Å². The highest BCUT2D eigenvalue weighted by atomic mass is 16.4. The topological polar surface area (TPSA) is 66.4 Å². The summed E-state index contributed by atoms with van der Waals surface area (Å²) in [7, 11) is 0. The summed E-state index contributed by atoms with van der Waals surface area (Å²) in [6, 6.07) is 0. The fourth-order valence-electron chi connectivity index (χ4n) is 1.42. The van der Waals surface area contributed by atoms with Crippen molar-refractivity contribution < 1.29 is 14.7 Å². The molecule has 2 N–H and O–H groups in total. The predicted octanol–water partition coefficient (Wildman–Crippen LogP) is 0.377. The summed E-state index contributed by atoms with van der Waals surface area (Å²) in [6.07, 6.45) is 2.34. The van der Waals surface area contributed by atoms with E-state index in [1.54, 1.807) is 0 Å². The van der Waals surface area contributed by atoms with E-state index in [2.05, 4.69) is 5.32 Å². The maximum Gasteiger partial charge on any atom is 0.303 e. The molecule has 1 aliphatic rings. The van der Waals surface area contributed by atoms with E-state index >= 15 is 0 Å². The van der Waals surface area contributed by atoms with Gasteiger partial charge in [-0.15, -0.1) is 0 Å². The molecule has 4 heteroatoms. The maximum absolute atomic E-state index is 11.0. The quantitative estimate of drug-likeness (QED) is 0.642. The summed E-state index contributed by atoms with van der Waals surface area (Å²) < 4.78 is 0. The Kier molecular flexibility index (Phi) is 3.08. The molecule has 0 aromatic carbocycles. The van der Waals surface area contributed by atoms with E-state index in [4.69, 9.17) is 5.11 Å². The van der Waals surface area contributed by atoms with Gasteiger partial charge in [-0.25, -0.2) is 0 Å². The molecule has 0 spiro atoms. The molecule has 0 aliphatic carbocycles. The smallest absolute Gasteiger partial charge is 0.303 e. The van der Waals surface area contributed by atoms with E-state index in [-0.39, 0.29) is 18.2 Å². The zero-order valence-electron chi connectivity index (χ0n) is 6.88. The highest BCUT2D eigenvalue weighted by molar-refractivity contribution is 5.80. The molecule has 0 aromatic rings. The Hall–Kier alpha value is -1.06. The van der Waals surface area contributed by atoms with Crippen LogP contribution >= 0.6 is 0 Å². The highest BCUT2D eigenvalue weighted by Gasteiger charge is 2.23. The minimum atomic E-state index is -0.784. The van der Waals surface area contributed by atoms with E-state index in [9.17, 15) is 9.59 Å². The number of hydrogen-bond acceptors (Lipinski definition) is 2. The Morgan fingerprint density at radius 1 is 1.67 bits per heavy atom. The fraction of sp³-hybridized carbons (Fsp3) is 0.750. The van der Waals surface area contributed by atoms with Gasteiger partial charge in [0.1, 0.15) is 0 Å². The lowest BCUT2D eigenvalue weighted by Crippen LogP contribution is -2.19. The van der Waals surface area contributed by atoms with E-state index in [0.29, 0.717) is 12.8 Å². The lowest BCUT2D eigenvalue weighted by atomic mass is 10.0. The molecule has 1 fully saturated rings. The van der Waals surface area contributed by atoms with Crippen molar-refractivity contribution in [2.75, 3.05) is 6.54 Å². The third-order valence-corrected chi connectivity index (χ3v) is 2.11. The Labute approximate surface area is 71.0 Å².